The van der Waals surface area contributed by atoms with Crippen molar-refractivity contribution >= 4 is 17.5 Å². The number of rotatable bonds is 6. The highest BCUT2D eigenvalue weighted by Gasteiger charge is 2.17. The van der Waals surface area contributed by atoms with Crippen LogP contribution in [-0.2, 0) is 6.54 Å². The van der Waals surface area contributed by atoms with Gasteiger partial charge in [-0.3, -0.25) is 4.79 Å². The van der Waals surface area contributed by atoms with E-state index in [1.54, 1.807) is 18.2 Å². The predicted octanol–water partition coefficient (Wildman–Crippen LogP) is 3.38. The third kappa shape index (κ3) is 3.98. The Bertz CT molecular complexity index is 956. The molecule has 2 heterocycles. The normalized spacial score (nSPS) is 12.8. The number of carbonyl (C=O) groups is 1. The maximum atomic E-state index is 12.6. The van der Waals surface area contributed by atoms with Crippen LogP contribution in [-0.4, -0.2) is 39.5 Å². The standard InChI is InChI=1S/C20H19N3O3S/c1-14-21-22-20(23(14)12-15-5-3-2-4-6-15)27-13-17(24)16-7-8-18-19(11-16)26-10-9-25-18/h2-8,11H,9-10,12-13H2,1H3. The average molecular weight is 381 g/mol. The molecule has 0 fully saturated rings. The molecule has 0 radical (unpaired) electrons. The number of benzene rings is 2. The Morgan fingerprint density at radius 2 is 1.85 bits per heavy atom. The lowest BCUT2D eigenvalue weighted by molar-refractivity contribution is 0.102. The number of nitrogens with zero attached hydrogens (tertiary/aromatic N) is 3. The Hall–Kier alpha value is -2.80. The van der Waals surface area contributed by atoms with Gasteiger partial charge in [-0.25, -0.2) is 0 Å². The summed E-state index contributed by atoms with van der Waals surface area (Å²) in [6.45, 7) is 3.64. The molecule has 0 atom stereocenters. The molecule has 6 nitrogen and oxygen atoms in total. The lowest BCUT2D eigenvalue weighted by Crippen LogP contribution is -2.16. The van der Waals surface area contributed by atoms with Gasteiger partial charge in [-0.05, 0) is 30.7 Å². The third-order valence-corrected chi connectivity index (χ3v) is 5.25. The van der Waals surface area contributed by atoms with Gasteiger partial charge in [0.15, 0.2) is 22.4 Å². The van der Waals surface area contributed by atoms with E-state index < -0.39 is 0 Å². The molecule has 1 aromatic heterocycles. The summed E-state index contributed by atoms with van der Waals surface area (Å²) in [5.74, 6) is 2.44. The lowest BCUT2D eigenvalue weighted by Gasteiger charge is -2.18. The molecule has 7 heteroatoms. The topological polar surface area (TPSA) is 66.2 Å². The number of Topliss-reactive ketones (excluding diaryl/α,β-unsaturated/α-hetero) is 1. The summed E-state index contributed by atoms with van der Waals surface area (Å²) in [5.41, 5.74) is 1.78. The van der Waals surface area contributed by atoms with Crippen molar-refractivity contribution in [1.82, 2.24) is 14.8 Å². The quantitative estimate of drug-likeness (QED) is 0.482. The first-order valence-electron chi connectivity index (χ1n) is 8.70. The summed E-state index contributed by atoms with van der Waals surface area (Å²) in [5, 5.41) is 9.13. The average Bonchev–Trinajstić information content (AvgIpc) is 3.06. The minimum absolute atomic E-state index is 0.0175. The van der Waals surface area contributed by atoms with E-state index in [1.807, 2.05) is 29.7 Å². The summed E-state index contributed by atoms with van der Waals surface area (Å²) < 4.78 is 13.1. The van der Waals surface area contributed by atoms with Crippen molar-refractivity contribution in [2.24, 2.45) is 0 Å². The minimum atomic E-state index is 0.0175. The van der Waals surface area contributed by atoms with Crippen molar-refractivity contribution < 1.29 is 14.3 Å². The zero-order valence-electron chi connectivity index (χ0n) is 14.9. The van der Waals surface area contributed by atoms with Crippen LogP contribution in [0.25, 0.3) is 0 Å². The highest BCUT2D eigenvalue weighted by molar-refractivity contribution is 7.99. The Morgan fingerprint density at radius 3 is 2.67 bits per heavy atom. The van der Waals surface area contributed by atoms with E-state index in [2.05, 4.69) is 22.3 Å². The third-order valence-electron chi connectivity index (χ3n) is 4.28. The van der Waals surface area contributed by atoms with Crippen molar-refractivity contribution in [1.29, 1.82) is 0 Å². The molecule has 0 N–H and O–H groups in total. The summed E-state index contributed by atoms with van der Waals surface area (Å²) >= 11 is 1.40. The minimum Gasteiger partial charge on any atom is -0.486 e. The zero-order chi connectivity index (χ0) is 18.6. The largest absolute Gasteiger partial charge is 0.486 e. The van der Waals surface area contributed by atoms with Gasteiger partial charge in [0.2, 0.25) is 0 Å². The van der Waals surface area contributed by atoms with Crippen LogP contribution in [0.2, 0.25) is 0 Å². The molecule has 138 valence electrons. The molecule has 0 amide bonds. The van der Waals surface area contributed by atoms with Crippen molar-refractivity contribution in [3.05, 3.63) is 65.5 Å². The smallest absolute Gasteiger partial charge is 0.191 e. The van der Waals surface area contributed by atoms with Crippen LogP contribution < -0.4 is 9.47 Å². The van der Waals surface area contributed by atoms with Gasteiger partial charge in [0, 0.05) is 5.56 Å². The van der Waals surface area contributed by atoms with Gasteiger partial charge in [-0.2, -0.15) is 0 Å². The van der Waals surface area contributed by atoms with Crippen molar-refractivity contribution in [3.63, 3.8) is 0 Å². The van der Waals surface area contributed by atoms with Crippen LogP contribution in [0, 0.1) is 6.92 Å². The molecule has 0 bridgehead atoms. The fraction of sp³-hybridized carbons (Fsp3) is 0.250. The molecule has 0 unspecified atom stereocenters. The Kier molecular flexibility index (Phi) is 5.11. The Morgan fingerprint density at radius 1 is 1.07 bits per heavy atom. The van der Waals surface area contributed by atoms with Crippen molar-refractivity contribution in [2.45, 2.75) is 18.6 Å². The van der Waals surface area contributed by atoms with Crippen LogP contribution in [0.3, 0.4) is 0 Å². The van der Waals surface area contributed by atoms with Crippen LogP contribution in [0.4, 0.5) is 0 Å². The fourth-order valence-corrected chi connectivity index (χ4v) is 3.72. The molecule has 0 aliphatic carbocycles. The molecule has 4 rings (SSSR count). The Balaban J connectivity index is 1.45. The SMILES string of the molecule is Cc1nnc(SCC(=O)c2ccc3c(c2)OCCO3)n1Cc1ccccc1. The molecular formula is C20H19N3O3S. The van der Waals surface area contributed by atoms with Gasteiger partial charge >= 0.3 is 0 Å². The predicted molar refractivity (Wildman–Crippen MR) is 103 cm³/mol. The molecule has 27 heavy (non-hydrogen) atoms. The van der Waals surface area contributed by atoms with Gasteiger partial charge < -0.3 is 14.0 Å². The van der Waals surface area contributed by atoms with Crippen LogP contribution in [0.5, 0.6) is 11.5 Å². The lowest BCUT2D eigenvalue weighted by atomic mass is 10.1. The van der Waals surface area contributed by atoms with Crippen molar-refractivity contribution in [3.8, 4) is 11.5 Å². The number of thioether (sulfide) groups is 1. The van der Waals surface area contributed by atoms with E-state index >= 15 is 0 Å². The van der Waals surface area contributed by atoms with Crippen molar-refractivity contribution in [2.75, 3.05) is 19.0 Å². The first-order valence-corrected chi connectivity index (χ1v) is 9.68. The number of hydrogen-bond acceptors (Lipinski definition) is 6. The maximum Gasteiger partial charge on any atom is 0.191 e. The molecule has 0 saturated carbocycles. The Labute approximate surface area is 161 Å². The van der Waals surface area contributed by atoms with Crippen LogP contribution in [0.1, 0.15) is 21.7 Å². The van der Waals surface area contributed by atoms with Gasteiger partial charge in [-0.15, -0.1) is 10.2 Å². The molecular weight excluding hydrogens is 362 g/mol. The molecule has 0 saturated heterocycles. The first kappa shape index (κ1) is 17.6. The van der Waals surface area contributed by atoms with E-state index in [1.165, 1.54) is 17.3 Å². The van der Waals surface area contributed by atoms with E-state index in [9.17, 15) is 4.79 Å². The summed E-state index contributed by atoms with van der Waals surface area (Å²) in [6, 6.07) is 15.4. The number of hydrogen-bond donors (Lipinski definition) is 0. The molecule has 3 aromatic rings. The van der Waals surface area contributed by atoms with Crippen LogP contribution >= 0.6 is 11.8 Å². The van der Waals surface area contributed by atoms with Gasteiger partial charge in [-0.1, -0.05) is 42.1 Å². The maximum absolute atomic E-state index is 12.6. The number of ketones is 1. The van der Waals surface area contributed by atoms with E-state index in [4.69, 9.17) is 9.47 Å². The number of fused-ring (bicyclic) bond motifs is 1. The zero-order valence-corrected chi connectivity index (χ0v) is 15.7. The first-order chi connectivity index (χ1) is 13.2. The highest BCUT2D eigenvalue weighted by Crippen LogP contribution is 2.31. The second-order valence-corrected chi connectivity index (χ2v) is 7.11. The highest BCUT2D eigenvalue weighted by atomic mass is 32.2. The van der Waals surface area contributed by atoms with Gasteiger partial charge in [0.25, 0.3) is 0 Å². The summed E-state index contributed by atoms with van der Waals surface area (Å²) in [4.78, 5) is 12.6. The van der Waals surface area contributed by atoms with E-state index in [0.29, 0.717) is 36.8 Å². The molecule has 0 spiro atoms. The van der Waals surface area contributed by atoms with Gasteiger partial charge in [0.1, 0.15) is 19.0 Å². The van der Waals surface area contributed by atoms with E-state index in [0.717, 1.165) is 11.0 Å². The number of carbonyl (C=O) groups excluding carboxylic acids is 1. The van der Waals surface area contributed by atoms with Crippen LogP contribution in [0.15, 0.2) is 53.7 Å². The number of ether oxygens (including phenoxy) is 2. The molecule has 2 aromatic carbocycles. The molecule has 1 aliphatic rings. The van der Waals surface area contributed by atoms with E-state index in [-0.39, 0.29) is 11.5 Å². The number of aromatic nitrogens is 3. The second-order valence-electron chi connectivity index (χ2n) is 6.17. The summed E-state index contributed by atoms with van der Waals surface area (Å²) in [7, 11) is 0. The number of aryl methyl sites for hydroxylation is 1. The molecule has 1 aliphatic heterocycles. The monoisotopic (exact) mass is 381 g/mol. The summed E-state index contributed by atoms with van der Waals surface area (Å²) in [6.07, 6.45) is 0. The van der Waals surface area contributed by atoms with Gasteiger partial charge in [0.05, 0.1) is 12.3 Å². The second kappa shape index (κ2) is 7.84. The fourth-order valence-electron chi connectivity index (χ4n) is 2.85.